The summed E-state index contributed by atoms with van der Waals surface area (Å²) in [5.41, 5.74) is 7.24. The number of anilines is 1. The monoisotopic (exact) mass is 435 g/mol. The van der Waals surface area contributed by atoms with E-state index < -0.39 is 21.7 Å². The second-order valence-electron chi connectivity index (χ2n) is 6.98. The van der Waals surface area contributed by atoms with E-state index in [1.165, 1.54) is 35.6 Å². The van der Waals surface area contributed by atoms with Crippen molar-refractivity contribution in [2.24, 2.45) is 5.73 Å². The number of primary amides is 1. The number of hydrogen-bond donors (Lipinski definition) is 2. The first-order valence-corrected chi connectivity index (χ1v) is 12.0. The van der Waals surface area contributed by atoms with Gasteiger partial charge in [0.25, 0.3) is 11.8 Å². The molecule has 1 aliphatic heterocycles. The van der Waals surface area contributed by atoms with E-state index in [-0.39, 0.29) is 10.6 Å². The molecular weight excluding hydrogens is 410 g/mol. The molecule has 7 nitrogen and oxygen atoms in total. The molecule has 1 aliphatic rings. The maximum atomic E-state index is 12.7. The molecule has 0 fully saturated rings. The SMILES string of the molecule is CCCN1CCc2c(sc(NC(=O)c3ccc(S(=O)(=O)CC)cc3)c2C(N)=O)C1. The quantitative estimate of drug-likeness (QED) is 0.695. The molecule has 0 saturated heterocycles. The van der Waals surface area contributed by atoms with Crippen LogP contribution < -0.4 is 11.1 Å². The van der Waals surface area contributed by atoms with Gasteiger partial charge in [-0.2, -0.15) is 0 Å². The van der Waals surface area contributed by atoms with Crippen LogP contribution in [-0.4, -0.2) is 44.0 Å². The van der Waals surface area contributed by atoms with Gasteiger partial charge >= 0.3 is 0 Å². The lowest BCUT2D eigenvalue weighted by Crippen LogP contribution is -2.31. The molecule has 0 radical (unpaired) electrons. The number of carbonyl (C=O) groups excluding carboxylic acids is 2. The molecule has 29 heavy (non-hydrogen) atoms. The molecule has 2 amide bonds. The van der Waals surface area contributed by atoms with Crippen molar-refractivity contribution in [3.05, 3.63) is 45.8 Å². The van der Waals surface area contributed by atoms with Crippen LogP contribution in [0.1, 0.15) is 51.4 Å². The van der Waals surface area contributed by atoms with Gasteiger partial charge in [-0.05, 0) is 49.2 Å². The number of thiophene rings is 1. The van der Waals surface area contributed by atoms with Gasteiger partial charge in [-0.25, -0.2) is 8.42 Å². The molecule has 3 N–H and O–H groups in total. The fourth-order valence-corrected chi connectivity index (χ4v) is 5.64. The van der Waals surface area contributed by atoms with Gasteiger partial charge in [-0.15, -0.1) is 11.3 Å². The van der Waals surface area contributed by atoms with Crippen LogP contribution in [0, 0.1) is 0 Å². The Bertz CT molecular complexity index is 1030. The molecule has 156 valence electrons. The van der Waals surface area contributed by atoms with E-state index in [2.05, 4.69) is 17.1 Å². The normalized spacial score (nSPS) is 14.4. The third-order valence-corrected chi connectivity index (χ3v) is 7.89. The predicted molar refractivity (Wildman–Crippen MR) is 114 cm³/mol. The Morgan fingerprint density at radius 3 is 2.48 bits per heavy atom. The summed E-state index contributed by atoms with van der Waals surface area (Å²) in [6.07, 6.45) is 1.78. The number of rotatable bonds is 7. The first-order chi connectivity index (χ1) is 13.8. The summed E-state index contributed by atoms with van der Waals surface area (Å²) in [7, 11) is -3.33. The predicted octanol–water partition coefficient (Wildman–Crippen LogP) is 2.66. The van der Waals surface area contributed by atoms with Crippen LogP contribution in [0.5, 0.6) is 0 Å². The molecular formula is C20H25N3O4S2. The molecule has 0 unspecified atom stereocenters. The van der Waals surface area contributed by atoms with Crippen LogP contribution in [-0.2, 0) is 22.8 Å². The number of fused-ring (bicyclic) bond motifs is 1. The fourth-order valence-electron chi connectivity index (χ4n) is 3.47. The molecule has 2 aromatic rings. The highest BCUT2D eigenvalue weighted by Gasteiger charge is 2.27. The van der Waals surface area contributed by atoms with Crippen LogP contribution in [0.25, 0.3) is 0 Å². The fraction of sp³-hybridized carbons (Fsp3) is 0.400. The molecule has 0 spiro atoms. The zero-order chi connectivity index (χ0) is 21.2. The van der Waals surface area contributed by atoms with Crippen molar-refractivity contribution in [2.45, 2.75) is 38.1 Å². The van der Waals surface area contributed by atoms with E-state index in [4.69, 9.17) is 5.73 Å². The topological polar surface area (TPSA) is 110 Å². The van der Waals surface area contributed by atoms with Gasteiger partial charge in [0, 0.05) is 23.5 Å². The zero-order valence-electron chi connectivity index (χ0n) is 16.5. The smallest absolute Gasteiger partial charge is 0.256 e. The number of nitrogens with zero attached hydrogens (tertiary/aromatic N) is 1. The maximum Gasteiger partial charge on any atom is 0.256 e. The van der Waals surface area contributed by atoms with Crippen LogP contribution >= 0.6 is 11.3 Å². The Morgan fingerprint density at radius 1 is 1.21 bits per heavy atom. The van der Waals surface area contributed by atoms with E-state index in [0.717, 1.165) is 42.9 Å². The van der Waals surface area contributed by atoms with Gasteiger partial charge in [0.15, 0.2) is 9.84 Å². The van der Waals surface area contributed by atoms with E-state index in [1.807, 2.05) is 0 Å². The minimum absolute atomic E-state index is 0.00366. The molecule has 1 aromatic heterocycles. The summed E-state index contributed by atoms with van der Waals surface area (Å²) < 4.78 is 23.8. The zero-order valence-corrected chi connectivity index (χ0v) is 18.2. The molecule has 2 heterocycles. The highest BCUT2D eigenvalue weighted by Crippen LogP contribution is 2.37. The van der Waals surface area contributed by atoms with Crippen molar-refractivity contribution in [1.82, 2.24) is 4.90 Å². The standard InChI is InChI=1S/C20H25N3O4S2/c1-3-10-23-11-9-15-16(12-23)28-20(17(15)18(21)24)22-19(25)13-5-7-14(8-6-13)29(26,27)4-2/h5-8H,3-4,9-12H2,1-2H3,(H2,21,24)(H,22,25). The van der Waals surface area contributed by atoms with E-state index in [9.17, 15) is 18.0 Å². The lowest BCUT2D eigenvalue weighted by Gasteiger charge is -2.26. The van der Waals surface area contributed by atoms with Gasteiger partial charge in [0.05, 0.1) is 16.2 Å². The van der Waals surface area contributed by atoms with Gasteiger partial charge < -0.3 is 11.1 Å². The molecule has 0 saturated carbocycles. The van der Waals surface area contributed by atoms with Crippen molar-refractivity contribution < 1.29 is 18.0 Å². The van der Waals surface area contributed by atoms with Gasteiger partial charge in [-0.1, -0.05) is 13.8 Å². The number of nitrogens with one attached hydrogen (secondary N) is 1. The summed E-state index contributed by atoms with van der Waals surface area (Å²) in [4.78, 5) is 28.3. The molecule has 0 atom stereocenters. The lowest BCUT2D eigenvalue weighted by molar-refractivity contribution is 0.1000. The van der Waals surface area contributed by atoms with Gasteiger partial charge in [-0.3, -0.25) is 14.5 Å². The first kappa shape index (κ1) is 21.5. The molecule has 3 rings (SSSR count). The molecule has 0 bridgehead atoms. The van der Waals surface area contributed by atoms with Crippen molar-refractivity contribution in [3.8, 4) is 0 Å². The summed E-state index contributed by atoms with van der Waals surface area (Å²) in [5, 5.41) is 3.25. The van der Waals surface area contributed by atoms with Crippen LogP contribution in [0.15, 0.2) is 29.2 Å². The first-order valence-electron chi connectivity index (χ1n) is 9.57. The minimum Gasteiger partial charge on any atom is -0.365 e. The Kier molecular flexibility index (Phi) is 6.40. The molecule has 1 aromatic carbocycles. The van der Waals surface area contributed by atoms with E-state index in [1.54, 1.807) is 6.92 Å². The van der Waals surface area contributed by atoms with Crippen LogP contribution in [0.2, 0.25) is 0 Å². The number of nitrogens with two attached hydrogens (primary N) is 1. The number of sulfone groups is 1. The second-order valence-corrected chi connectivity index (χ2v) is 10.4. The third kappa shape index (κ3) is 4.52. The van der Waals surface area contributed by atoms with E-state index >= 15 is 0 Å². The summed E-state index contributed by atoms with van der Waals surface area (Å²) in [6.45, 7) is 6.28. The molecule has 0 aliphatic carbocycles. The molecule has 9 heteroatoms. The highest BCUT2D eigenvalue weighted by molar-refractivity contribution is 7.91. The largest absolute Gasteiger partial charge is 0.365 e. The number of carbonyl (C=O) groups is 2. The van der Waals surface area contributed by atoms with Gasteiger partial charge in [0.1, 0.15) is 5.00 Å². The summed E-state index contributed by atoms with van der Waals surface area (Å²) in [6, 6.07) is 5.78. The number of hydrogen-bond acceptors (Lipinski definition) is 6. The Labute approximate surface area is 174 Å². The van der Waals surface area contributed by atoms with Gasteiger partial charge in [0.2, 0.25) is 0 Å². The Hall–Kier alpha value is -2.23. The Balaban J connectivity index is 1.84. The average molecular weight is 436 g/mol. The Morgan fingerprint density at radius 2 is 1.90 bits per heavy atom. The number of amides is 2. The summed E-state index contributed by atoms with van der Waals surface area (Å²) in [5.74, 6) is -0.959. The second kappa shape index (κ2) is 8.64. The van der Waals surface area contributed by atoms with Crippen molar-refractivity contribution in [2.75, 3.05) is 24.2 Å². The van der Waals surface area contributed by atoms with Crippen molar-refractivity contribution >= 4 is 38.0 Å². The number of benzene rings is 1. The third-order valence-electron chi connectivity index (χ3n) is 5.00. The van der Waals surface area contributed by atoms with E-state index in [0.29, 0.717) is 16.1 Å². The lowest BCUT2D eigenvalue weighted by atomic mass is 10.0. The highest BCUT2D eigenvalue weighted by atomic mass is 32.2. The van der Waals surface area contributed by atoms with Crippen LogP contribution in [0.4, 0.5) is 5.00 Å². The van der Waals surface area contributed by atoms with Crippen molar-refractivity contribution in [1.29, 1.82) is 0 Å². The maximum absolute atomic E-state index is 12.7. The minimum atomic E-state index is -3.33. The average Bonchev–Trinajstić information content (AvgIpc) is 3.05. The van der Waals surface area contributed by atoms with Crippen molar-refractivity contribution in [3.63, 3.8) is 0 Å². The summed E-state index contributed by atoms with van der Waals surface area (Å²) >= 11 is 1.38. The van der Waals surface area contributed by atoms with Crippen LogP contribution in [0.3, 0.4) is 0 Å².